The number of H-pyrrole nitrogens is 1. The molecule has 1 amide bonds. The first-order valence-corrected chi connectivity index (χ1v) is 6.80. The van der Waals surface area contributed by atoms with E-state index in [9.17, 15) is 9.59 Å². The third-order valence-corrected chi connectivity index (χ3v) is 3.54. The van der Waals surface area contributed by atoms with E-state index in [0.717, 1.165) is 19.4 Å². The molecule has 110 valence electrons. The van der Waals surface area contributed by atoms with Crippen molar-refractivity contribution in [1.82, 2.24) is 15.3 Å². The minimum Gasteiger partial charge on any atom is -0.465 e. The molecule has 0 radical (unpaired) electrons. The van der Waals surface area contributed by atoms with Crippen LogP contribution in [0.4, 0.5) is 5.95 Å². The number of imidazole rings is 1. The standard InChI is InChI=1S/C14H16N4O3/c1-21-13(20)8-4-2-5-9-11(8)17-14(16-9)18-12(19)10-6-3-7-15-10/h2,4-5,10,15H,3,6-7H2,1H3,(H2,16,17,18,19). The maximum absolute atomic E-state index is 12.0. The van der Waals surface area contributed by atoms with E-state index in [4.69, 9.17) is 4.74 Å². The van der Waals surface area contributed by atoms with Gasteiger partial charge in [0, 0.05) is 0 Å². The van der Waals surface area contributed by atoms with Gasteiger partial charge in [0.15, 0.2) is 0 Å². The first-order valence-electron chi connectivity index (χ1n) is 6.80. The molecule has 1 aromatic heterocycles. The first-order chi connectivity index (χ1) is 10.2. The monoisotopic (exact) mass is 288 g/mol. The highest BCUT2D eigenvalue weighted by Crippen LogP contribution is 2.19. The molecule has 0 spiro atoms. The van der Waals surface area contributed by atoms with Crippen LogP contribution in [-0.4, -0.2) is 41.5 Å². The molecular formula is C14H16N4O3. The smallest absolute Gasteiger partial charge is 0.340 e. The van der Waals surface area contributed by atoms with E-state index in [1.54, 1.807) is 18.2 Å². The van der Waals surface area contributed by atoms with Crippen LogP contribution in [0.1, 0.15) is 23.2 Å². The summed E-state index contributed by atoms with van der Waals surface area (Å²) >= 11 is 0. The molecule has 2 aromatic rings. The number of aromatic amines is 1. The number of ether oxygens (including phenoxy) is 1. The summed E-state index contributed by atoms with van der Waals surface area (Å²) in [5.41, 5.74) is 1.53. The van der Waals surface area contributed by atoms with Gasteiger partial charge in [-0.2, -0.15) is 0 Å². The second kappa shape index (κ2) is 5.53. The van der Waals surface area contributed by atoms with Crippen molar-refractivity contribution in [3.8, 4) is 0 Å². The average molecular weight is 288 g/mol. The van der Waals surface area contributed by atoms with Gasteiger partial charge in [-0.1, -0.05) is 6.07 Å². The quantitative estimate of drug-likeness (QED) is 0.733. The molecule has 2 heterocycles. The molecule has 7 nitrogen and oxygen atoms in total. The summed E-state index contributed by atoms with van der Waals surface area (Å²) in [7, 11) is 1.32. The molecule has 0 saturated carbocycles. The van der Waals surface area contributed by atoms with Gasteiger partial charge < -0.3 is 15.0 Å². The van der Waals surface area contributed by atoms with Crippen LogP contribution in [0.5, 0.6) is 0 Å². The molecule has 1 unspecified atom stereocenters. The van der Waals surface area contributed by atoms with Crippen molar-refractivity contribution in [1.29, 1.82) is 0 Å². The van der Waals surface area contributed by atoms with E-state index in [-0.39, 0.29) is 11.9 Å². The van der Waals surface area contributed by atoms with Crippen molar-refractivity contribution in [3.63, 3.8) is 0 Å². The largest absolute Gasteiger partial charge is 0.465 e. The number of esters is 1. The fourth-order valence-electron chi connectivity index (χ4n) is 2.48. The van der Waals surface area contributed by atoms with Crippen molar-refractivity contribution in [3.05, 3.63) is 23.8 Å². The summed E-state index contributed by atoms with van der Waals surface area (Å²) < 4.78 is 4.73. The highest BCUT2D eigenvalue weighted by molar-refractivity contribution is 6.03. The highest BCUT2D eigenvalue weighted by atomic mass is 16.5. The number of aromatic nitrogens is 2. The molecule has 1 atom stereocenters. The van der Waals surface area contributed by atoms with Crippen molar-refractivity contribution in [2.24, 2.45) is 0 Å². The lowest BCUT2D eigenvalue weighted by atomic mass is 10.2. The van der Waals surface area contributed by atoms with Crippen LogP contribution in [0.15, 0.2) is 18.2 Å². The van der Waals surface area contributed by atoms with E-state index < -0.39 is 5.97 Å². The number of para-hydroxylation sites is 1. The lowest BCUT2D eigenvalue weighted by Crippen LogP contribution is -2.35. The number of carbonyl (C=O) groups excluding carboxylic acids is 2. The number of benzene rings is 1. The van der Waals surface area contributed by atoms with Gasteiger partial charge in [-0.3, -0.25) is 10.1 Å². The summed E-state index contributed by atoms with van der Waals surface area (Å²) in [6, 6.07) is 4.98. The van der Waals surface area contributed by atoms with E-state index >= 15 is 0 Å². The molecular weight excluding hydrogens is 272 g/mol. The van der Waals surface area contributed by atoms with Crippen LogP contribution in [0.25, 0.3) is 11.0 Å². The minimum absolute atomic E-state index is 0.119. The number of nitrogens with one attached hydrogen (secondary N) is 3. The Hall–Kier alpha value is -2.41. The number of fused-ring (bicyclic) bond motifs is 1. The Bertz CT molecular complexity index is 689. The predicted octanol–water partition coefficient (Wildman–Crippen LogP) is 1.04. The van der Waals surface area contributed by atoms with Gasteiger partial charge in [0.25, 0.3) is 0 Å². The number of amides is 1. The first kappa shape index (κ1) is 13.6. The van der Waals surface area contributed by atoms with Crippen LogP contribution in [0.3, 0.4) is 0 Å². The second-order valence-electron chi connectivity index (χ2n) is 4.92. The summed E-state index contributed by atoms with van der Waals surface area (Å²) in [5.74, 6) is -0.242. The van der Waals surface area contributed by atoms with Gasteiger partial charge in [-0.15, -0.1) is 0 Å². The summed E-state index contributed by atoms with van der Waals surface area (Å²) in [4.78, 5) is 31.0. The fourth-order valence-corrected chi connectivity index (χ4v) is 2.48. The fraction of sp³-hybridized carbons (Fsp3) is 0.357. The Morgan fingerprint density at radius 2 is 2.29 bits per heavy atom. The normalized spacial score (nSPS) is 17.9. The molecule has 1 saturated heterocycles. The van der Waals surface area contributed by atoms with Gasteiger partial charge in [0.2, 0.25) is 11.9 Å². The molecule has 0 bridgehead atoms. The van der Waals surface area contributed by atoms with Crippen LogP contribution in [-0.2, 0) is 9.53 Å². The van der Waals surface area contributed by atoms with Crippen molar-refractivity contribution >= 4 is 28.9 Å². The van der Waals surface area contributed by atoms with Crippen LogP contribution >= 0.6 is 0 Å². The Labute approximate surface area is 121 Å². The average Bonchev–Trinajstić information content (AvgIpc) is 3.14. The number of methoxy groups -OCH3 is 1. The van der Waals surface area contributed by atoms with Gasteiger partial charge in [0.1, 0.15) is 5.52 Å². The number of hydrogen-bond donors (Lipinski definition) is 3. The second-order valence-corrected chi connectivity index (χ2v) is 4.92. The highest BCUT2D eigenvalue weighted by Gasteiger charge is 2.23. The zero-order valence-corrected chi connectivity index (χ0v) is 11.6. The number of hydrogen-bond acceptors (Lipinski definition) is 5. The van der Waals surface area contributed by atoms with Gasteiger partial charge >= 0.3 is 5.97 Å². The molecule has 0 aliphatic carbocycles. The summed E-state index contributed by atoms with van der Waals surface area (Å²) in [6.07, 6.45) is 1.81. The van der Waals surface area contributed by atoms with Gasteiger partial charge in [-0.25, -0.2) is 9.78 Å². The van der Waals surface area contributed by atoms with E-state index in [1.165, 1.54) is 7.11 Å². The van der Waals surface area contributed by atoms with E-state index in [0.29, 0.717) is 22.5 Å². The van der Waals surface area contributed by atoms with E-state index in [1.807, 2.05) is 0 Å². The van der Waals surface area contributed by atoms with Crippen molar-refractivity contribution in [2.75, 3.05) is 19.0 Å². The molecule has 21 heavy (non-hydrogen) atoms. The Morgan fingerprint density at radius 1 is 1.43 bits per heavy atom. The minimum atomic E-state index is -0.456. The summed E-state index contributed by atoms with van der Waals surface area (Å²) in [6.45, 7) is 0.852. The maximum Gasteiger partial charge on any atom is 0.340 e. The Kier molecular flexibility index (Phi) is 3.57. The molecule has 1 aromatic carbocycles. The lowest BCUT2D eigenvalue weighted by molar-refractivity contribution is -0.117. The predicted molar refractivity (Wildman–Crippen MR) is 77.1 cm³/mol. The lowest BCUT2D eigenvalue weighted by Gasteiger charge is -2.08. The molecule has 1 aliphatic heterocycles. The van der Waals surface area contributed by atoms with Gasteiger partial charge in [0.05, 0.1) is 24.2 Å². The Balaban J connectivity index is 1.87. The van der Waals surface area contributed by atoms with Crippen LogP contribution in [0, 0.1) is 0 Å². The third kappa shape index (κ3) is 2.59. The zero-order valence-electron chi connectivity index (χ0n) is 11.6. The molecule has 1 fully saturated rings. The van der Waals surface area contributed by atoms with Crippen molar-refractivity contribution in [2.45, 2.75) is 18.9 Å². The number of anilines is 1. The van der Waals surface area contributed by atoms with Crippen LogP contribution in [0.2, 0.25) is 0 Å². The SMILES string of the molecule is COC(=O)c1cccc2[nH]c(NC(=O)C3CCCN3)nc12. The zero-order chi connectivity index (χ0) is 14.8. The van der Waals surface area contributed by atoms with E-state index in [2.05, 4.69) is 20.6 Å². The molecule has 3 rings (SSSR count). The topological polar surface area (TPSA) is 96.1 Å². The molecule has 3 N–H and O–H groups in total. The molecule has 1 aliphatic rings. The van der Waals surface area contributed by atoms with Crippen molar-refractivity contribution < 1.29 is 14.3 Å². The Morgan fingerprint density at radius 3 is 3.00 bits per heavy atom. The number of nitrogens with zero attached hydrogens (tertiary/aromatic N) is 1. The van der Waals surface area contributed by atoms with Crippen LogP contribution < -0.4 is 10.6 Å². The summed E-state index contributed by atoms with van der Waals surface area (Å²) in [5, 5.41) is 5.86. The number of rotatable bonds is 3. The molecule has 7 heteroatoms. The number of carbonyl (C=O) groups is 2. The third-order valence-electron chi connectivity index (χ3n) is 3.54. The van der Waals surface area contributed by atoms with Gasteiger partial charge in [-0.05, 0) is 31.5 Å². The maximum atomic E-state index is 12.0.